The van der Waals surface area contributed by atoms with Crippen molar-refractivity contribution in [2.45, 2.75) is 51.2 Å². The van der Waals surface area contributed by atoms with E-state index in [0.717, 1.165) is 32.4 Å². The highest BCUT2D eigenvalue weighted by Gasteiger charge is 2.32. The van der Waals surface area contributed by atoms with Gasteiger partial charge in [-0.25, -0.2) is 0 Å². The van der Waals surface area contributed by atoms with Crippen LogP contribution in [-0.4, -0.2) is 36.0 Å². The summed E-state index contributed by atoms with van der Waals surface area (Å²) in [5.74, 6) is -0.147. The van der Waals surface area contributed by atoms with Crippen molar-refractivity contribution in [1.29, 1.82) is 0 Å². The van der Waals surface area contributed by atoms with Crippen LogP contribution >= 0.6 is 0 Å². The molecular formula is C11H18F3NO. The summed E-state index contributed by atoms with van der Waals surface area (Å²) in [7, 11) is 0. The molecule has 2 nitrogen and oxygen atoms in total. The highest BCUT2D eigenvalue weighted by atomic mass is 19.4. The quantitative estimate of drug-likeness (QED) is 0.749. The Morgan fingerprint density at radius 3 is 2.25 bits per heavy atom. The van der Waals surface area contributed by atoms with Gasteiger partial charge in [-0.2, -0.15) is 13.2 Å². The standard InChI is InChI=1S/C11H18F3NO/c1-9(16)10(5-6-11(12,13)14)15-7-3-2-4-8-15/h10H,2-8H2,1H3. The second-order valence-corrected chi connectivity index (χ2v) is 4.38. The van der Waals surface area contributed by atoms with Crippen LogP contribution < -0.4 is 0 Å². The van der Waals surface area contributed by atoms with E-state index in [-0.39, 0.29) is 12.2 Å². The fourth-order valence-corrected chi connectivity index (χ4v) is 2.17. The molecule has 5 heteroatoms. The molecule has 0 aromatic heterocycles. The largest absolute Gasteiger partial charge is 0.389 e. The summed E-state index contributed by atoms with van der Waals surface area (Å²) in [6, 6.07) is -0.540. The summed E-state index contributed by atoms with van der Waals surface area (Å²) < 4.78 is 36.4. The number of likely N-dealkylation sites (tertiary alicyclic amines) is 1. The van der Waals surface area contributed by atoms with Crippen LogP contribution in [0.15, 0.2) is 0 Å². The molecular weight excluding hydrogens is 219 g/mol. The number of hydrogen-bond acceptors (Lipinski definition) is 2. The number of nitrogens with zero attached hydrogens (tertiary/aromatic N) is 1. The summed E-state index contributed by atoms with van der Waals surface area (Å²) in [4.78, 5) is 13.3. The lowest BCUT2D eigenvalue weighted by atomic mass is 10.0. The van der Waals surface area contributed by atoms with E-state index in [1.54, 1.807) is 0 Å². The SMILES string of the molecule is CC(=O)C(CCC(F)(F)F)N1CCCCC1. The fourth-order valence-electron chi connectivity index (χ4n) is 2.17. The summed E-state index contributed by atoms with van der Waals surface area (Å²) in [5.41, 5.74) is 0. The zero-order chi connectivity index (χ0) is 12.2. The van der Waals surface area contributed by atoms with Crippen molar-refractivity contribution in [1.82, 2.24) is 4.90 Å². The van der Waals surface area contributed by atoms with Crippen LogP contribution in [0.2, 0.25) is 0 Å². The average molecular weight is 237 g/mol. The molecule has 0 N–H and O–H groups in total. The molecule has 1 fully saturated rings. The molecule has 0 spiro atoms. The number of hydrogen-bond donors (Lipinski definition) is 0. The van der Waals surface area contributed by atoms with Gasteiger partial charge in [0, 0.05) is 6.42 Å². The van der Waals surface area contributed by atoms with E-state index in [1.165, 1.54) is 6.92 Å². The van der Waals surface area contributed by atoms with Crippen molar-refractivity contribution in [3.63, 3.8) is 0 Å². The van der Waals surface area contributed by atoms with Crippen molar-refractivity contribution in [3.8, 4) is 0 Å². The highest BCUT2D eigenvalue weighted by molar-refractivity contribution is 5.81. The molecule has 1 saturated heterocycles. The minimum Gasteiger partial charge on any atom is -0.298 e. The molecule has 1 unspecified atom stereocenters. The second kappa shape index (κ2) is 5.66. The van der Waals surface area contributed by atoms with E-state index in [1.807, 2.05) is 4.90 Å². The van der Waals surface area contributed by atoms with E-state index in [4.69, 9.17) is 0 Å². The average Bonchev–Trinajstić information content (AvgIpc) is 2.17. The molecule has 0 aromatic carbocycles. The normalized spacial score (nSPS) is 20.8. The first kappa shape index (κ1) is 13.5. The first-order chi connectivity index (χ1) is 7.40. The van der Waals surface area contributed by atoms with Gasteiger partial charge in [0.2, 0.25) is 0 Å². The summed E-state index contributed by atoms with van der Waals surface area (Å²) in [6.07, 6.45) is -2.05. The Hall–Kier alpha value is -0.580. The first-order valence-corrected chi connectivity index (χ1v) is 5.71. The molecule has 1 aliphatic rings. The summed E-state index contributed by atoms with van der Waals surface area (Å²) in [6.45, 7) is 2.89. The number of carbonyl (C=O) groups excluding carboxylic acids is 1. The van der Waals surface area contributed by atoms with E-state index in [2.05, 4.69) is 0 Å². The van der Waals surface area contributed by atoms with Crippen molar-refractivity contribution in [3.05, 3.63) is 0 Å². The van der Waals surface area contributed by atoms with Crippen LogP contribution in [0.25, 0.3) is 0 Å². The smallest absolute Gasteiger partial charge is 0.298 e. The van der Waals surface area contributed by atoms with Crippen molar-refractivity contribution >= 4 is 5.78 Å². The van der Waals surface area contributed by atoms with Crippen LogP contribution in [0.5, 0.6) is 0 Å². The Kier molecular flexibility index (Phi) is 4.77. The number of rotatable bonds is 4. The van der Waals surface area contributed by atoms with E-state index in [9.17, 15) is 18.0 Å². The Morgan fingerprint density at radius 2 is 1.81 bits per heavy atom. The molecule has 0 bridgehead atoms. The second-order valence-electron chi connectivity index (χ2n) is 4.38. The zero-order valence-corrected chi connectivity index (χ0v) is 9.52. The lowest BCUT2D eigenvalue weighted by molar-refractivity contribution is -0.141. The van der Waals surface area contributed by atoms with Gasteiger partial charge in [0.25, 0.3) is 0 Å². The van der Waals surface area contributed by atoms with Gasteiger partial charge in [-0.1, -0.05) is 6.42 Å². The van der Waals surface area contributed by atoms with Crippen LogP contribution in [0, 0.1) is 0 Å². The number of carbonyl (C=O) groups is 1. The predicted molar refractivity (Wildman–Crippen MR) is 55.2 cm³/mol. The molecule has 1 rings (SSSR count). The van der Waals surface area contributed by atoms with Gasteiger partial charge >= 0.3 is 6.18 Å². The molecule has 16 heavy (non-hydrogen) atoms. The van der Waals surface area contributed by atoms with Gasteiger partial charge in [0.05, 0.1) is 6.04 Å². The maximum atomic E-state index is 12.1. The predicted octanol–water partition coefficient (Wildman–Crippen LogP) is 2.77. The molecule has 0 saturated carbocycles. The zero-order valence-electron chi connectivity index (χ0n) is 9.52. The van der Waals surface area contributed by atoms with E-state index >= 15 is 0 Å². The van der Waals surface area contributed by atoms with E-state index < -0.39 is 18.6 Å². The van der Waals surface area contributed by atoms with Gasteiger partial charge < -0.3 is 0 Å². The maximum absolute atomic E-state index is 12.1. The Morgan fingerprint density at radius 1 is 1.25 bits per heavy atom. The minimum absolute atomic E-state index is 0.0984. The van der Waals surface area contributed by atoms with Crippen LogP contribution in [0.4, 0.5) is 13.2 Å². The summed E-state index contributed by atoms with van der Waals surface area (Å²) >= 11 is 0. The Labute approximate surface area is 93.8 Å². The van der Waals surface area contributed by atoms with Crippen molar-refractivity contribution in [2.24, 2.45) is 0 Å². The lowest BCUT2D eigenvalue weighted by Crippen LogP contribution is -2.43. The van der Waals surface area contributed by atoms with Crippen LogP contribution in [0.3, 0.4) is 0 Å². The Balaban J connectivity index is 2.49. The molecule has 0 aromatic rings. The number of Topliss-reactive ketones (excluding diaryl/α,β-unsaturated/α-hetero) is 1. The topological polar surface area (TPSA) is 20.3 Å². The van der Waals surface area contributed by atoms with Gasteiger partial charge in [-0.3, -0.25) is 9.69 Å². The van der Waals surface area contributed by atoms with Gasteiger partial charge in [0.15, 0.2) is 0 Å². The summed E-state index contributed by atoms with van der Waals surface area (Å²) in [5, 5.41) is 0. The monoisotopic (exact) mass is 237 g/mol. The minimum atomic E-state index is -4.16. The number of halogens is 3. The maximum Gasteiger partial charge on any atom is 0.389 e. The molecule has 0 aliphatic carbocycles. The van der Waals surface area contributed by atoms with E-state index in [0.29, 0.717) is 0 Å². The first-order valence-electron chi connectivity index (χ1n) is 5.71. The molecule has 94 valence electrons. The fraction of sp³-hybridized carbons (Fsp3) is 0.909. The third kappa shape index (κ3) is 4.51. The number of alkyl halides is 3. The van der Waals surface area contributed by atoms with Gasteiger partial charge in [-0.05, 0) is 39.3 Å². The number of ketones is 1. The highest BCUT2D eigenvalue weighted by Crippen LogP contribution is 2.25. The molecule has 1 aliphatic heterocycles. The molecule has 1 heterocycles. The molecule has 1 atom stereocenters. The lowest BCUT2D eigenvalue weighted by Gasteiger charge is -2.33. The third-order valence-corrected chi connectivity index (χ3v) is 3.00. The van der Waals surface area contributed by atoms with Crippen LogP contribution in [-0.2, 0) is 4.79 Å². The van der Waals surface area contributed by atoms with Gasteiger partial charge in [0.1, 0.15) is 5.78 Å². The molecule has 0 radical (unpaired) electrons. The third-order valence-electron chi connectivity index (χ3n) is 3.00. The van der Waals surface area contributed by atoms with Gasteiger partial charge in [-0.15, -0.1) is 0 Å². The molecule has 0 amide bonds. The number of piperidine rings is 1. The van der Waals surface area contributed by atoms with Crippen LogP contribution in [0.1, 0.15) is 39.0 Å². The van der Waals surface area contributed by atoms with Crippen molar-refractivity contribution < 1.29 is 18.0 Å². The van der Waals surface area contributed by atoms with Crippen molar-refractivity contribution in [2.75, 3.05) is 13.1 Å². The Bertz CT molecular complexity index is 234.